The Balaban J connectivity index is 0.00000200. The summed E-state index contributed by atoms with van der Waals surface area (Å²) >= 11 is 0. The second kappa shape index (κ2) is 7.59. The van der Waals surface area contributed by atoms with Crippen molar-refractivity contribution in [2.24, 2.45) is 0 Å². The third-order valence-electron chi connectivity index (χ3n) is 2.74. The maximum Gasteiger partial charge on any atom is 0.130 e. The van der Waals surface area contributed by atoms with Crippen molar-refractivity contribution in [3.05, 3.63) is 70.8 Å². The van der Waals surface area contributed by atoms with Gasteiger partial charge in [0.15, 0.2) is 0 Å². The lowest BCUT2D eigenvalue weighted by Gasteiger charge is -2.06. The number of hydrogen-bond donors (Lipinski definition) is 1. The zero-order valence-electron chi connectivity index (χ0n) is 10.6. The number of nitrogens with one attached hydrogen (secondary N) is 1. The number of rotatable bonds is 4. The largest absolute Gasteiger partial charge is 0.309 e. The molecule has 0 amide bonds. The lowest BCUT2D eigenvalue weighted by molar-refractivity contribution is 0.560. The van der Waals surface area contributed by atoms with E-state index in [1.807, 2.05) is 18.2 Å². The molecule has 0 unspecified atom stereocenters. The van der Waals surface area contributed by atoms with Crippen molar-refractivity contribution in [2.45, 2.75) is 13.1 Å². The molecule has 0 bridgehead atoms. The zero-order valence-corrected chi connectivity index (χ0v) is 11.4. The Morgan fingerprint density at radius 1 is 1.00 bits per heavy atom. The van der Waals surface area contributed by atoms with Crippen LogP contribution < -0.4 is 5.32 Å². The van der Waals surface area contributed by atoms with Gasteiger partial charge in [-0.2, -0.15) is 5.26 Å². The molecule has 2 rings (SSSR count). The highest BCUT2D eigenvalue weighted by molar-refractivity contribution is 5.85. The van der Waals surface area contributed by atoms with E-state index < -0.39 is 11.6 Å². The monoisotopic (exact) mass is 294 g/mol. The van der Waals surface area contributed by atoms with Crippen molar-refractivity contribution in [3.8, 4) is 6.07 Å². The predicted molar refractivity (Wildman–Crippen MR) is 75.3 cm³/mol. The fourth-order valence-electron chi connectivity index (χ4n) is 1.70. The summed E-state index contributed by atoms with van der Waals surface area (Å²) in [4.78, 5) is 0. The molecule has 0 fully saturated rings. The van der Waals surface area contributed by atoms with Crippen LogP contribution in [-0.4, -0.2) is 0 Å². The van der Waals surface area contributed by atoms with Crippen molar-refractivity contribution in [2.75, 3.05) is 0 Å². The molecule has 5 heteroatoms. The zero-order chi connectivity index (χ0) is 13.7. The molecule has 1 N–H and O–H groups in total. The van der Waals surface area contributed by atoms with Gasteiger partial charge in [0.2, 0.25) is 0 Å². The molecule has 0 heterocycles. The summed E-state index contributed by atoms with van der Waals surface area (Å²) in [6.07, 6.45) is 0. The summed E-state index contributed by atoms with van der Waals surface area (Å²) in [7, 11) is 0. The average Bonchev–Trinajstić information content (AvgIpc) is 2.42. The van der Waals surface area contributed by atoms with Crippen molar-refractivity contribution >= 4 is 12.4 Å². The molecule has 2 nitrogen and oxygen atoms in total. The lowest BCUT2D eigenvalue weighted by Crippen LogP contribution is -2.13. The Labute approximate surface area is 122 Å². The van der Waals surface area contributed by atoms with Gasteiger partial charge in [-0.05, 0) is 23.8 Å². The minimum atomic E-state index is -0.576. The highest BCUT2D eigenvalue weighted by Gasteiger charge is 2.03. The van der Waals surface area contributed by atoms with Crippen LogP contribution in [0.25, 0.3) is 0 Å². The average molecular weight is 295 g/mol. The molecule has 2 aromatic carbocycles. The van der Waals surface area contributed by atoms with Gasteiger partial charge in [-0.15, -0.1) is 12.4 Å². The van der Waals surface area contributed by atoms with E-state index in [0.717, 1.165) is 11.6 Å². The first-order valence-corrected chi connectivity index (χ1v) is 5.83. The standard InChI is InChI=1S/C15H12F2N2.ClH/c16-14-6-5-13(15(17)7-14)10-19-9-12-3-1-11(8-18)2-4-12;/h1-7,19H,9-10H2;1H. The maximum atomic E-state index is 13.4. The molecule has 0 aromatic heterocycles. The Bertz CT molecular complexity index is 606. The van der Waals surface area contributed by atoms with Crippen LogP contribution in [0, 0.1) is 23.0 Å². The molecule has 0 aliphatic rings. The van der Waals surface area contributed by atoms with Crippen LogP contribution in [0.3, 0.4) is 0 Å². The molecule has 0 aliphatic carbocycles. The quantitative estimate of drug-likeness (QED) is 0.936. The summed E-state index contributed by atoms with van der Waals surface area (Å²) in [5.41, 5.74) is 2.03. The molecule has 2 aromatic rings. The molecular weight excluding hydrogens is 282 g/mol. The van der Waals surface area contributed by atoms with Crippen molar-refractivity contribution in [1.82, 2.24) is 5.32 Å². The van der Waals surface area contributed by atoms with Gasteiger partial charge >= 0.3 is 0 Å². The van der Waals surface area contributed by atoms with Crippen LogP contribution in [0.5, 0.6) is 0 Å². The fraction of sp³-hybridized carbons (Fsp3) is 0.133. The Kier molecular flexibility index (Phi) is 6.10. The van der Waals surface area contributed by atoms with E-state index in [9.17, 15) is 8.78 Å². The minimum absolute atomic E-state index is 0. The Morgan fingerprint density at radius 3 is 2.30 bits per heavy atom. The van der Waals surface area contributed by atoms with Crippen molar-refractivity contribution < 1.29 is 8.78 Å². The van der Waals surface area contributed by atoms with E-state index in [1.165, 1.54) is 12.1 Å². The van der Waals surface area contributed by atoms with Gasteiger partial charge in [0.05, 0.1) is 11.6 Å². The van der Waals surface area contributed by atoms with Crippen LogP contribution in [0.2, 0.25) is 0 Å². The second-order valence-corrected chi connectivity index (χ2v) is 4.15. The summed E-state index contributed by atoms with van der Waals surface area (Å²) in [5, 5.41) is 11.7. The van der Waals surface area contributed by atoms with Crippen LogP contribution in [0.4, 0.5) is 8.78 Å². The van der Waals surface area contributed by atoms with Gasteiger partial charge in [-0.25, -0.2) is 8.78 Å². The first-order chi connectivity index (χ1) is 9.19. The van der Waals surface area contributed by atoms with Gasteiger partial charge in [0, 0.05) is 24.7 Å². The van der Waals surface area contributed by atoms with Gasteiger partial charge in [0.25, 0.3) is 0 Å². The normalized spacial score (nSPS) is 9.65. The van der Waals surface area contributed by atoms with Crippen LogP contribution >= 0.6 is 12.4 Å². The smallest absolute Gasteiger partial charge is 0.130 e. The van der Waals surface area contributed by atoms with Crippen molar-refractivity contribution in [3.63, 3.8) is 0 Å². The van der Waals surface area contributed by atoms with Crippen LogP contribution in [-0.2, 0) is 13.1 Å². The molecule has 0 atom stereocenters. The summed E-state index contributed by atoms with van der Waals surface area (Å²) in [6.45, 7) is 0.884. The number of nitriles is 1. The van der Waals surface area contributed by atoms with Gasteiger partial charge < -0.3 is 5.32 Å². The second-order valence-electron chi connectivity index (χ2n) is 4.15. The highest BCUT2D eigenvalue weighted by atomic mass is 35.5. The molecule has 20 heavy (non-hydrogen) atoms. The molecule has 0 aliphatic heterocycles. The SMILES string of the molecule is Cl.N#Cc1ccc(CNCc2ccc(F)cc2F)cc1. The molecule has 0 spiro atoms. The molecular formula is C15H13ClF2N2. The summed E-state index contributed by atoms with van der Waals surface area (Å²) in [6, 6.07) is 12.7. The van der Waals surface area contributed by atoms with E-state index in [2.05, 4.69) is 5.32 Å². The van der Waals surface area contributed by atoms with Gasteiger partial charge in [0.1, 0.15) is 11.6 Å². The first-order valence-electron chi connectivity index (χ1n) is 5.83. The fourth-order valence-corrected chi connectivity index (χ4v) is 1.70. The van der Waals surface area contributed by atoms with E-state index in [4.69, 9.17) is 5.26 Å². The molecule has 104 valence electrons. The summed E-state index contributed by atoms with van der Waals surface area (Å²) in [5.74, 6) is -1.12. The third kappa shape index (κ3) is 4.30. The van der Waals surface area contributed by atoms with Crippen LogP contribution in [0.1, 0.15) is 16.7 Å². The molecule has 0 saturated heterocycles. The number of hydrogen-bond acceptors (Lipinski definition) is 2. The first kappa shape index (κ1) is 16.1. The minimum Gasteiger partial charge on any atom is -0.309 e. The van der Waals surface area contributed by atoms with E-state index in [0.29, 0.717) is 24.2 Å². The number of nitrogens with zero attached hydrogens (tertiary/aromatic N) is 1. The number of halogens is 3. The lowest BCUT2D eigenvalue weighted by atomic mass is 10.1. The summed E-state index contributed by atoms with van der Waals surface area (Å²) < 4.78 is 26.1. The third-order valence-corrected chi connectivity index (χ3v) is 2.74. The Hall–Kier alpha value is -1.96. The molecule has 0 saturated carbocycles. The van der Waals surface area contributed by atoms with Crippen LogP contribution in [0.15, 0.2) is 42.5 Å². The maximum absolute atomic E-state index is 13.4. The van der Waals surface area contributed by atoms with Gasteiger partial charge in [-0.1, -0.05) is 18.2 Å². The number of benzene rings is 2. The molecule has 0 radical (unpaired) electrons. The Morgan fingerprint density at radius 2 is 1.70 bits per heavy atom. The van der Waals surface area contributed by atoms with E-state index in [-0.39, 0.29) is 12.4 Å². The topological polar surface area (TPSA) is 35.8 Å². The highest BCUT2D eigenvalue weighted by Crippen LogP contribution is 2.09. The van der Waals surface area contributed by atoms with Gasteiger partial charge in [-0.3, -0.25) is 0 Å². The van der Waals surface area contributed by atoms with Crippen molar-refractivity contribution in [1.29, 1.82) is 5.26 Å². The van der Waals surface area contributed by atoms with E-state index >= 15 is 0 Å². The van der Waals surface area contributed by atoms with E-state index in [1.54, 1.807) is 12.1 Å². The predicted octanol–water partition coefficient (Wildman–Crippen LogP) is 3.55.